The van der Waals surface area contributed by atoms with Crippen LogP contribution in [0, 0.1) is 5.92 Å². The van der Waals surface area contributed by atoms with Gasteiger partial charge in [0.15, 0.2) is 0 Å². The highest BCUT2D eigenvalue weighted by molar-refractivity contribution is 5.38. The van der Waals surface area contributed by atoms with E-state index in [1.165, 1.54) is 12.2 Å². The number of hydrogen-bond donors (Lipinski definition) is 0. The Morgan fingerprint density at radius 2 is 2.00 bits per heavy atom. The van der Waals surface area contributed by atoms with Gasteiger partial charge in [-0.1, -0.05) is 32.9 Å². The van der Waals surface area contributed by atoms with E-state index in [-0.39, 0.29) is 0 Å². The first kappa shape index (κ1) is 12.0. The van der Waals surface area contributed by atoms with Crippen LogP contribution in [-0.4, -0.2) is 28.1 Å². The normalized spacial score (nSPS) is 14.6. The average molecular weight is 210 g/mol. The molecular formula is C11H22N4. The molecule has 1 aliphatic rings. The van der Waals surface area contributed by atoms with Crippen molar-refractivity contribution in [3.63, 3.8) is 0 Å². The van der Waals surface area contributed by atoms with Gasteiger partial charge in [0.1, 0.15) is 5.82 Å². The predicted molar refractivity (Wildman–Crippen MR) is 63.0 cm³/mol. The van der Waals surface area contributed by atoms with Gasteiger partial charge < -0.3 is 4.90 Å². The van der Waals surface area contributed by atoms with E-state index in [0.29, 0.717) is 5.92 Å². The first-order valence-corrected chi connectivity index (χ1v) is 5.91. The first-order chi connectivity index (χ1) is 7.27. The smallest absolute Gasteiger partial charge is 0.147 e. The lowest BCUT2D eigenvalue weighted by molar-refractivity contribution is 0.460. The molecule has 1 aliphatic heterocycles. The summed E-state index contributed by atoms with van der Waals surface area (Å²) in [6.45, 7) is 11.7. The Kier molecular flexibility index (Phi) is 4.59. The third kappa shape index (κ3) is 2.94. The fourth-order valence-electron chi connectivity index (χ4n) is 1.52. The second-order valence-corrected chi connectivity index (χ2v) is 4.01. The number of aromatic nitrogens is 3. The summed E-state index contributed by atoms with van der Waals surface area (Å²) in [5, 5.41) is 8.03. The van der Waals surface area contributed by atoms with E-state index in [9.17, 15) is 0 Å². The molecule has 1 aromatic heterocycles. The van der Waals surface area contributed by atoms with Crippen molar-refractivity contribution < 1.29 is 0 Å². The molecule has 2 rings (SSSR count). The largest absolute Gasteiger partial charge is 0.355 e. The molecule has 1 aromatic rings. The molecule has 1 fully saturated rings. The molecule has 0 aliphatic carbocycles. The maximum atomic E-state index is 4.08. The summed E-state index contributed by atoms with van der Waals surface area (Å²) in [4.78, 5) is 2.32. The third-order valence-corrected chi connectivity index (χ3v) is 2.32. The molecule has 4 nitrogen and oxygen atoms in total. The summed E-state index contributed by atoms with van der Waals surface area (Å²) >= 11 is 0. The summed E-state index contributed by atoms with van der Waals surface area (Å²) in [5.74, 6) is 1.81. The van der Waals surface area contributed by atoms with E-state index in [4.69, 9.17) is 0 Å². The van der Waals surface area contributed by atoms with Gasteiger partial charge in [-0.25, -0.2) is 4.68 Å². The predicted octanol–water partition coefficient (Wildman–Crippen LogP) is 2.17. The Morgan fingerprint density at radius 3 is 2.47 bits per heavy atom. The SMILES string of the molecule is CC.CC(C)Cn1nncc1N1CCC1. The Hall–Kier alpha value is -1.06. The Morgan fingerprint density at radius 1 is 1.33 bits per heavy atom. The third-order valence-electron chi connectivity index (χ3n) is 2.32. The summed E-state index contributed by atoms with van der Waals surface area (Å²) < 4.78 is 2.00. The van der Waals surface area contributed by atoms with Gasteiger partial charge in [-0.2, -0.15) is 0 Å². The molecule has 0 N–H and O–H groups in total. The minimum Gasteiger partial charge on any atom is -0.355 e. The molecule has 1 saturated heterocycles. The molecule has 0 unspecified atom stereocenters. The standard InChI is InChI=1S/C9H16N4.C2H6/c1-8(2)7-13-9(6-10-11-13)12-4-3-5-12;1-2/h6,8H,3-5,7H2,1-2H3;1-2H3. The molecule has 0 bridgehead atoms. The number of hydrogen-bond acceptors (Lipinski definition) is 3. The molecule has 86 valence electrons. The van der Waals surface area contributed by atoms with Gasteiger partial charge in [-0.15, -0.1) is 5.10 Å². The number of rotatable bonds is 3. The zero-order valence-corrected chi connectivity index (χ0v) is 10.3. The van der Waals surface area contributed by atoms with Gasteiger partial charge in [0, 0.05) is 19.6 Å². The number of nitrogens with zero attached hydrogens (tertiary/aromatic N) is 4. The average Bonchev–Trinajstić information content (AvgIpc) is 2.53. The van der Waals surface area contributed by atoms with Gasteiger partial charge in [0.05, 0.1) is 6.20 Å². The molecule has 0 aromatic carbocycles. The minimum absolute atomic E-state index is 0.627. The van der Waals surface area contributed by atoms with Crippen LogP contribution in [-0.2, 0) is 6.54 Å². The van der Waals surface area contributed by atoms with Crippen molar-refractivity contribution in [2.75, 3.05) is 18.0 Å². The van der Waals surface area contributed by atoms with Crippen LogP contribution in [0.1, 0.15) is 34.1 Å². The maximum absolute atomic E-state index is 4.08. The highest BCUT2D eigenvalue weighted by Gasteiger charge is 2.18. The molecule has 2 heterocycles. The van der Waals surface area contributed by atoms with Gasteiger partial charge in [-0.05, 0) is 12.3 Å². The lowest BCUT2D eigenvalue weighted by Crippen LogP contribution is -2.38. The molecule has 0 spiro atoms. The lowest BCUT2D eigenvalue weighted by atomic mass is 10.2. The molecule has 0 radical (unpaired) electrons. The molecule has 0 amide bonds. The van der Waals surface area contributed by atoms with Gasteiger partial charge in [0.2, 0.25) is 0 Å². The second kappa shape index (κ2) is 5.73. The summed E-state index contributed by atoms with van der Waals surface area (Å²) in [6, 6.07) is 0. The van der Waals surface area contributed by atoms with E-state index in [0.717, 1.165) is 19.6 Å². The highest BCUT2D eigenvalue weighted by Crippen LogP contribution is 2.19. The lowest BCUT2D eigenvalue weighted by Gasteiger charge is -2.32. The van der Waals surface area contributed by atoms with Crippen molar-refractivity contribution in [2.45, 2.75) is 40.7 Å². The van der Waals surface area contributed by atoms with Gasteiger partial charge in [0.25, 0.3) is 0 Å². The summed E-state index contributed by atoms with van der Waals surface area (Å²) in [7, 11) is 0. The Bertz CT molecular complexity index is 276. The van der Waals surface area contributed by atoms with E-state index in [1.54, 1.807) is 0 Å². The van der Waals surface area contributed by atoms with Crippen LogP contribution < -0.4 is 4.90 Å². The van der Waals surface area contributed by atoms with Crippen molar-refractivity contribution >= 4 is 5.82 Å². The minimum atomic E-state index is 0.627. The summed E-state index contributed by atoms with van der Waals surface area (Å²) in [6.07, 6.45) is 3.16. The Balaban J connectivity index is 0.000000531. The maximum Gasteiger partial charge on any atom is 0.147 e. The van der Waals surface area contributed by atoms with Crippen LogP contribution in [0.2, 0.25) is 0 Å². The van der Waals surface area contributed by atoms with E-state index in [2.05, 4.69) is 29.1 Å². The van der Waals surface area contributed by atoms with Crippen molar-refractivity contribution in [3.05, 3.63) is 6.20 Å². The van der Waals surface area contributed by atoms with E-state index < -0.39 is 0 Å². The van der Waals surface area contributed by atoms with E-state index in [1.807, 2.05) is 24.7 Å². The first-order valence-electron chi connectivity index (χ1n) is 5.91. The van der Waals surface area contributed by atoms with Gasteiger partial charge in [-0.3, -0.25) is 0 Å². The molecule has 15 heavy (non-hydrogen) atoms. The van der Waals surface area contributed by atoms with Crippen LogP contribution >= 0.6 is 0 Å². The van der Waals surface area contributed by atoms with Crippen molar-refractivity contribution in [1.82, 2.24) is 15.0 Å². The topological polar surface area (TPSA) is 34.0 Å². The van der Waals surface area contributed by atoms with Crippen LogP contribution in [0.15, 0.2) is 6.20 Å². The molecule has 0 atom stereocenters. The van der Waals surface area contributed by atoms with Crippen LogP contribution in [0.3, 0.4) is 0 Å². The fourth-order valence-corrected chi connectivity index (χ4v) is 1.52. The van der Waals surface area contributed by atoms with Crippen molar-refractivity contribution in [1.29, 1.82) is 0 Å². The van der Waals surface area contributed by atoms with Crippen molar-refractivity contribution in [3.8, 4) is 0 Å². The second-order valence-electron chi connectivity index (χ2n) is 4.01. The van der Waals surface area contributed by atoms with E-state index >= 15 is 0 Å². The van der Waals surface area contributed by atoms with Crippen molar-refractivity contribution in [2.24, 2.45) is 5.92 Å². The Labute approximate surface area is 92.3 Å². The zero-order valence-electron chi connectivity index (χ0n) is 10.3. The summed E-state index contributed by atoms with van der Waals surface area (Å²) in [5.41, 5.74) is 0. The molecule has 4 heteroatoms. The molecular weight excluding hydrogens is 188 g/mol. The fraction of sp³-hybridized carbons (Fsp3) is 0.818. The quantitative estimate of drug-likeness (QED) is 0.766. The highest BCUT2D eigenvalue weighted by atomic mass is 15.5. The molecule has 0 saturated carbocycles. The van der Waals surface area contributed by atoms with Crippen LogP contribution in [0.25, 0.3) is 0 Å². The monoisotopic (exact) mass is 210 g/mol. The van der Waals surface area contributed by atoms with Gasteiger partial charge >= 0.3 is 0 Å². The zero-order chi connectivity index (χ0) is 11.3. The number of anilines is 1. The van der Waals surface area contributed by atoms with Crippen LogP contribution in [0.5, 0.6) is 0 Å². The van der Waals surface area contributed by atoms with Crippen LogP contribution in [0.4, 0.5) is 5.82 Å².